The van der Waals surface area contributed by atoms with Crippen LogP contribution in [0.3, 0.4) is 0 Å². The molecule has 0 amide bonds. The van der Waals surface area contributed by atoms with Crippen LogP contribution in [0.2, 0.25) is 0 Å². The molecule has 0 aliphatic heterocycles. The number of H-pyrrole nitrogens is 2. The van der Waals surface area contributed by atoms with E-state index >= 15 is 0 Å². The van der Waals surface area contributed by atoms with Gasteiger partial charge in [0, 0.05) is 17.0 Å². The Bertz CT molecular complexity index is 580. The summed E-state index contributed by atoms with van der Waals surface area (Å²) in [6.07, 6.45) is 8.57. The molecule has 0 aromatic carbocycles. The van der Waals surface area contributed by atoms with Gasteiger partial charge in [-0.05, 0) is 12.5 Å². The van der Waals surface area contributed by atoms with E-state index in [0.29, 0.717) is 5.92 Å². The molecule has 2 atom stereocenters. The van der Waals surface area contributed by atoms with Crippen LogP contribution in [0.4, 0.5) is 0 Å². The van der Waals surface area contributed by atoms with Crippen LogP contribution in [-0.4, -0.2) is 25.7 Å². The van der Waals surface area contributed by atoms with Gasteiger partial charge in [0.05, 0.1) is 23.9 Å². The summed E-state index contributed by atoms with van der Waals surface area (Å²) in [5.41, 5.74) is 10.3. The van der Waals surface area contributed by atoms with Crippen LogP contribution < -0.4 is 5.73 Å². The van der Waals surface area contributed by atoms with Crippen LogP contribution in [0, 0.1) is 0 Å². The fourth-order valence-electron chi connectivity index (χ4n) is 2.52. The maximum Gasteiger partial charge on any atom is 0.114 e. The zero-order valence-corrected chi connectivity index (χ0v) is 8.57. The highest BCUT2D eigenvalue weighted by molar-refractivity contribution is 5.72. The molecule has 2 unspecified atom stereocenters. The van der Waals surface area contributed by atoms with Crippen molar-refractivity contribution in [2.75, 3.05) is 0 Å². The van der Waals surface area contributed by atoms with Crippen molar-refractivity contribution < 1.29 is 0 Å². The van der Waals surface area contributed by atoms with Gasteiger partial charge in [-0.3, -0.25) is 5.10 Å². The number of hydrogen-bond acceptors (Lipinski definition) is 3. The lowest BCUT2D eigenvalue weighted by Crippen LogP contribution is -2.22. The topological polar surface area (TPSA) is 83.4 Å². The van der Waals surface area contributed by atoms with Crippen molar-refractivity contribution in [3.8, 4) is 11.4 Å². The summed E-state index contributed by atoms with van der Waals surface area (Å²) in [6, 6.07) is 0. The van der Waals surface area contributed by atoms with E-state index in [0.717, 1.165) is 23.5 Å². The average molecular weight is 213 g/mol. The van der Waals surface area contributed by atoms with Crippen molar-refractivity contribution in [2.24, 2.45) is 5.73 Å². The second kappa shape index (κ2) is 2.44. The average Bonchev–Trinajstić information content (AvgIpc) is 2.76. The van der Waals surface area contributed by atoms with E-state index in [4.69, 9.17) is 5.73 Å². The monoisotopic (exact) mass is 213 g/mol. The summed E-state index contributed by atoms with van der Waals surface area (Å²) in [7, 11) is 0. The van der Waals surface area contributed by atoms with Gasteiger partial charge in [-0.1, -0.05) is 6.08 Å². The van der Waals surface area contributed by atoms with Crippen molar-refractivity contribution in [3.63, 3.8) is 0 Å². The number of rotatable bonds is 1. The molecule has 80 valence electrons. The lowest BCUT2D eigenvalue weighted by atomic mass is 9.97. The van der Waals surface area contributed by atoms with Crippen LogP contribution in [0.15, 0.2) is 18.6 Å². The maximum absolute atomic E-state index is 6.19. The molecule has 4 N–H and O–H groups in total. The molecule has 0 saturated heterocycles. The third-order valence-corrected chi connectivity index (χ3v) is 3.54. The molecule has 0 spiro atoms. The number of fused-ring (bicyclic) bond motifs is 3. The molecule has 5 nitrogen and oxygen atoms in total. The SMILES string of the molecule is NC12C=Cc3[nH]nc(-c4cnc[nH]4)c3C1C2. The van der Waals surface area contributed by atoms with Gasteiger partial charge in [0.2, 0.25) is 0 Å². The standard InChI is InChI=1S/C11H11N5/c12-11-2-1-7-9(6(11)3-11)10(16-15-7)8-4-13-5-14-8/h1-2,4-6H,3,12H2,(H,13,14)(H,15,16). The fraction of sp³-hybridized carbons (Fsp3) is 0.273. The first kappa shape index (κ1) is 8.29. The summed E-state index contributed by atoms with van der Waals surface area (Å²) >= 11 is 0. The lowest BCUT2D eigenvalue weighted by Gasteiger charge is -2.11. The molecule has 0 radical (unpaired) electrons. The van der Waals surface area contributed by atoms with E-state index in [1.807, 2.05) is 6.08 Å². The van der Waals surface area contributed by atoms with Crippen LogP contribution >= 0.6 is 0 Å². The minimum atomic E-state index is -0.133. The first-order chi connectivity index (χ1) is 7.78. The molecule has 2 aromatic rings. The highest BCUT2D eigenvalue weighted by Crippen LogP contribution is 2.56. The van der Waals surface area contributed by atoms with Gasteiger partial charge in [0.15, 0.2) is 0 Å². The van der Waals surface area contributed by atoms with Crippen LogP contribution in [0.1, 0.15) is 23.6 Å². The smallest absolute Gasteiger partial charge is 0.114 e. The van der Waals surface area contributed by atoms with Crippen molar-refractivity contribution in [3.05, 3.63) is 29.9 Å². The number of nitrogens with zero attached hydrogens (tertiary/aromatic N) is 2. The molecule has 2 aliphatic rings. The third kappa shape index (κ3) is 0.886. The zero-order chi connectivity index (χ0) is 10.8. The van der Waals surface area contributed by atoms with Gasteiger partial charge < -0.3 is 10.7 Å². The Morgan fingerprint density at radius 3 is 3.25 bits per heavy atom. The Hall–Kier alpha value is -1.88. The number of aromatic amines is 2. The normalized spacial score (nSPS) is 29.9. The van der Waals surface area contributed by atoms with Crippen molar-refractivity contribution >= 4 is 6.08 Å². The fourth-order valence-corrected chi connectivity index (χ4v) is 2.52. The molecule has 4 rings (SSSR count). The Labute approximate surface area is 91.8 Å². The van der Waals surface area contributed by atoms with Gasteiger partial charge in [-0.15, -0.1) is 0 Å². The molecule has 5 heteroatoms. The molecule has 1 fully saturated rings. The molecule has 16 heavy (non-hydrogen) atoms. The molecular weight excluding hydrogens is 202 g/mol. The van der Waals surface area contributed by atoms with Crippen molar-refractivity contribution in [1.29, 1.82) is 0 Å². The molecule has 2 aliphatic carbocycles. The first-order valence-corrected chi connectivity index (χ1v) is 5.33. The first-order valence-electron chi connectivity index (χ1n) is 5.33. The van der Waals surface area contributed by atoms with E-state index < -0.39 is 0 Å². The highest BCUT2D eigenvalue weighted by Gasteiger charge is 2.54. The van der Waals surface area contributed by atoms with Crippen molar-refractivity contribution in [1.82, 2.24) is 20.2 Å². The summed E-state index contributed by atoms with van der Waals surface area (Å²) in [5, 5.41) is 7.39. The number of aromatic nitrogens is 4. The number of nitrogens with one attached hydrogen (secondary N) is 2. The minimum absolute atomic E-state index is 0.133. The number of hydrogen-bond donors (Lipinski definition) is 3. The zero-order valence-electron chi connectivity index (χ0n) is 8.57. The molecular formula is C11H11N5. The molecule has 0 bridgehead atoms. The molecule has 1 saturated carbocycles. The Morgan fingerprint density at radius 1 is 1.50 bits per heavy atom. The Morgan fingerprint density at radius 2 is 2.44 bits per heavy atom. The van der Waals surface area contributed by atoms with Gasteiger partial charge in [-0.25, -0.2) is 4.98 Å². The number of imidazole rings is 1. The number of nitrogens with two attached hydrogens (primary N) is 1. The maximum atomic E-state index is 6.19. The minimum Gasteiger partial charge on any atom is -0.343 e. The van der Waals surface area contributed by atoms with E-state index in [1.165, 1.54) is 5.56 Å². The lowest BCUT2D eigenvalue weighted by molar-refractivity contribution is 0.807. The second-order valence-corrected chi connectivity index (χ2v) is 4.57. The Balaban J connectivity index is 1.93. The predicted octanol–water partition coefficient (Wildman–Crippen LogP) is 1.01. The highest BCUT2D eigenvalue weighted by atomic mass is 15.1. The van der Waals surface area contributed by atoms with Gasteiger partial charge in [0.25, 0.3) is 0 Å². The molecule has 2 heterocycles. The Kier molecular flexibility index (Phi) is 1.26. The summed E-state index contributed by atoms with van der Waals surface area (Å²) in [5.74, 6) is 0.407. The van der Waals surface area contributed by atoms with E-state index in [1.54, 1.807) is 12.5 Å². The van der Waals surface area contributed by atoms with Gasteiger partial charge in [0.1, 0.15) is 5.69 Å². The van der Waals surface area contributed by atoms with Gasteiger partial charge >= 0.3 is 0 Å². The van der Waals surface area contributed by atoms with Crippen LogP contribution in [0.25, 0.3) is 17.5 Å². The third-order valence-electron chi connectivity index (χ3n) is 3.54. The molecule has 2 aromatic heterocycles. The largest absolute Gasteiger partial charge is 0.343 e. The quantitative estimate of drug-likeness (QED) is 0.661. The van der Waals surface area contributed by atoms with Gasteiger partial charge in [-0.2, -0.15) is 5.10 Å². The summed E-state index contributed by atoms with van der Waals surface area (Å²) in [4.78, 5) is 7.11. The summed E-state index contributed by atoms with van der Waals surface area (Å²) in [6.45, 7) is 0. The van der Waals surface area contributed by atoms with E-state index in [-0.39, 0.29) is 5.54 Å². The second-order valence-electron chi connectivity index (χ2n) is 4.57. The summed E-state index contributed by atoms with van der Waals surface area (Å²) < 4.78 is 0. The van der Waals surface area contributed by atoms with Crippen LogP contribution in [0.5, 0.6) is 0 Å². The van der Waals surface area contributed by atoms with Crippen LogP contribution in [-0.2, 0) is 0 Å². The van der Waals surface area contributed by atoms with E-state index in [9.17, 15) is 0 Å². The predicted molar refractivity (Wildman–Crippen MR) is 59.5 cm³/mol. The van der Waals surface area contributed by atoms with E-state index in [2.05, 4.69) is 26.2 Å². The van der Waals surface area contributed by atoms with Crippen molar-refractivity contribution in [2.45, 2.75) is 17.9 Å².